The van der Waals surface area contributed by atoms with Gasteiger partial charge in [0.15, 0.2) is 0 Å². The van der Waals surface area contributed by atoms with Gasteiger partial charge in [-0.3, -0.25) is 9.69 Å². The van der Waals surface area contributed by atoms with E-state index in [4.69, 9.17) is 9.84 Å². The summed E-state index contributed by atoms with van der Waals surface area (Å²) in [6, 6.07) is 26.2. The van der Waals surface area contributed by atoms with E-state index >= 15 is 0 Å². The number of benzene rings is 3. The number of aryl methyl sites for hydroxylation is 1. The summed E-state index contributed by atoms with van der Waals surface area (Å²) in [7, 11) is 3.63. The van der Waals surface area contributed by atoms with Gasteiger partial charge in [0.25, 0.3) is 5.91 Å². The van der Waals surface area contributed by atoms with Crippen LogP contribution in [0.25, 0.3) is 0 Å². The van der Waals surface area contributed by atoms with E-state index in [2.05, 4.69) is 31.2 Å². The van der Waals surface area contributed by atoms with Gasteiger partial charge in [0.1, 0.15) is 5.75 Å². The van der Waals surface area contributed by atoms with Gasteiger partial charge < -0.3 is 4.74 Å². The number of hydrazone groups is 1. The van der Waals surface area contributed by atoms with E-state index < -0.39 is 0 Å². The minimum atomic E-state index is -0.116. The average Bonchev–Trinajstić information content (AvgIpc) is 3.25. The molecule has 164 valence electrons. The largest absolute Gasteiger partial charge is 0.497 e. The van der Waals surface area contributed by atoms with Gasteiger partial charge in [0.05, 0.1) is 25.4 Å². The van der Waals surface area contributed by atoms with E-state index in [1.165, 1.54) is 5.56 Å². The second-order valence-corrected chi connectivity index (χ2v) is 8.25. The summed E-state index contributed by atoms with van der Waals surface area (Å²) in [6.07, 6.45) is 0.673. The lowest BCUT2D eigenvalue weighted by Gasteiger charge is -2.25. The lowest BCUT2D eigenvalue weighted by atomic mass is 9.95. The second kappa shape index (κ2) is 9.79. The first kappa shape index (κ1) is 21.8. The monoisotopic (exact) mass is 427 g/mol. The third-order valence-corrected chi connectivity index (χ3v) is 5.82. The predicted molar refractivity (Wildman–Crippen MR) is 128 cm³/mol. The van der Waals surface area contributed by atoms with Crippen LogP contribution in [-0.4, -0.2) is 42.2 Å². The number of amides is 1. The molecule has 5 heteroatoms. The van der Waals surface area contributed by atoms with E-state index in [1.54, 1.807) is 12.1 Å². The van der Waals surface area contributed by atoms with Crippen molar-refractivity contribution in [1.82, 2.24) is 9.91 Å². The molecule has 3 aromatic rings. The minimum Gasteiger partial charge on any atom is -0.497 e. The number of carbonyl (C=O) groups is 1. The summed E-state index contributed by atoms with van der Waals surface area (Å²) < 4.78 is 5.39. The third-order valence-electron chi connectivity index (χ3n) is 5.82. The Labute approximate surface area is 189 Å². The zero-order valence-corrected chi connectivity index (χ0v) is 18.9. The van der Waals surface area contributed by atoms with Crippen LogP contribution in [0.4, 0.5) is 0 Å². The maximum Gasteiger partial charge on any atom is 0.257 e. The highest BCUT2D eigenvalue weighted by Gasteiger charge is 2.34. The maximum absolute atomic E-state index is 13.4. The summed E-state index contributed by atoms with van der Waals surface area (Å²) >= 11 is 0. The molecule has 0 aromatic heterocycles. The maximum atomic E-state index is 13.4. The quantitative estimate of drug-likeness (QED) is 0.543. The Morgan fingerprint density at radius 1 is 1.06 bits per heavy atom. The van der Waals surface area contributed by atoms with Crippen molar-refractivity contribution in [2.75, 3.05) is 20.7 Å². The highest BCUT2D eigenvalue weighted by atomic mass is 16.5. The van der Waals surface area contributed by atoms with Crippen LogP contribution < -0.4 is 4.74 Å². The van der Waals surface area contributed by atoms with Gasteiger partial charge in [-0.1, -0.05) is 66.7 Å². The number of rotatable bonds is 7. The molecule has 0 bridgehead atoms. The van der Waals surface area contributed by atoms with Crippen molar-refractivity contribution >= 4 is 11.6 Å². The van der Waals surface area contributed by atoms with Crippen LogP contribution in [0.2, 0.25) is 0 Å². The SMILES string of the molecule is COc1cccc(C2=NN(C(=O)CN(C)Cc3ccccc3)[C@H](c3ccccc3C)C2)c1. The first-order valence-electron chi connectivity index (χ1n) is 10.9. The summed E-state index contributed by atoms with van der Waals surface area (Å²) in [5.41, 5.74) is 5.36. The molecule has 5 nitrogen and oxygen atoms in total. The van der Waals surface area contributed by atoms with Crippen LogP contribution in [0.15, 0.2) is 84.0 Å². The lowest BCUT2D eigenvalue weighted by molar-refractivity contribution is -0.134. The van der Waals surface area contributed by atoms with Gasteiger partial charge in [0.2, 0.25) is 0 Å². The van der Waals surface area contributed by atoms with Crippen molar-refractivity contribution in [2.24, 2.45) is 5.10 Å². The fraction of sp³-hybridized carbons (Fsp3) is 0.259. The molecule has 0 aliphatic carbocycles. The molecule has 0 fully saturated rings. The molecule has 0 saturated carbocycles. The van der Waals surface area contributed by atoms with Crippen LogP contribution in [0.5, 0.6) is 5.75 Å². The van der Waals surface area contributed by atoms with E-state index in [0.29, 0.717) is 19.5 Å². The fourth-order valence-electron chi connectivity index (χ4n) is 4.17. The number of likely N-dealkylation sites (N-methyl/N-ethyl adjacent to an activating group) is 1. The molecule has 0 N–H and O–H groups in total. The van der Waals surface area contributed by atoms with Gasteiger partial charge in [-0.25, -0.2) is 5.01 Å². The van der Waals surface area contributed by atoms with Crippen LogP contribution in [-0.2, 0) is 11.3 Å². The van der Waals surface area contributed by atoms with E-state index in [-0.39, 0.29) is 11.9 Å². The smallest absolute Gasteiger partial charge is 0.257 e. The lowest BCUT2D eigenvalue weighted by Crippen LogP contribution is -2.36. The molecule has 0 saturated heterocycles. The standard InChI is InChI=1S/C27H29N3O2/c1-20-10-7-8-15-24(20)26-17-25(22-13-9-14-23(16-22)32-3)28-30(26)27(31)19-29(2)18-21-11-5-4-6-12-21/h4-16,26H,17-19H2,1-3H3/t26-/m0/s1. The molecule has 1 amide bonds. The first-order valence-corrected chi connectivity index (χ1v) is 10.9. The Hall–Kier alpha value is -3.44. The van der Waals surface area contributed by atoms with Crippen molar-refractivity contribution in [1.29, 1.82) is 0 Å². The summed E-state index contributed by atoms with van der Waals surface area (Å²) in [5.74, 6) is 0.777. The van der Waals surface area contributed by atoms with Gasteiger partial charge in [0, 0.05) is 18.5 Å². The molecule has 1 heterocycles. The van der Waals surface area contributed by atoms with Gasteiger partial charge >= 0.3 is 0 Å². The number of hydrogen-bond donors (Lipinski definition) is 0. The molecular formula is C27H29N3O2. The van der Waals surface area contributed by atoms with Gasteiger partial charge in [-0.05, 0) is 42.8 Å². The molecule has 0 radical (unpaired) electrons. The Balaban J connectivity index is 1.59. The Kier molecular flexibility index (Phi) is 6.66. The molecular weight excluding hydrogens is 398 g/mol. The van der Waals surface area contributed by atoms with Crippen molar-refractivity contribution in [3.05, 3.63) is 101 Å². The zero-order chi connectivity index (χ0) is 22.5. The molecule has 1 atom stereocenters. The molecule has 3 aromatic carbocycles. The summed E-state index contributed by atoms with van der Waals surface area (Å²) in [4.78, 5) is 15.4. The van der Waals surface area contributed by atoms with Crippen molar-refractivity contribution in [3.63, 3.8) is 0 Å². The van der Waals surface area contributed by atoms with Crippen LogP contribution >= 0.6 is 0 Å². The molecule has 1 aliphatic heterocycles. The highest BCUT2D eigenvalue weighted by molar-refractivity contribution is 6.03. The molecule has 32 heavy (non-hydrogen) atoms. The van der Waals surface area contributed by atoms with E-state index in [9.17, 15) is 4.79 Å². The fourth-order valence-corrected chi connectivity index (χ4v) is 4.17. The van der Waals surface area contributed by atoms with Crippen LogP contribution in [0.1, 0.15) is 34.7 Å². The molecule has 4 rings (SSSR count). The summed E-state index contributed by atoms with van der Waals surface area (Å²) in [6.45, 7) is 3.09. The van der Waals surface area contributed by atoms with Crippen molar-refractivity contribution in [2.45, 2.75) is 25.9 Å². The van der Waals surface area contributed by atoms with Crippen LogP contribution in [0, 0.1) is 6.92 Å². The van der Waals surface area contributed by atoms with E-state index in [1.807, 2.05) is 66.5 Å². The number of methoxy groups -OCH3 is 1. The van der Waals surface area contributed by atoms with Crippen molar-refractivity contribution in [3.8, 4) is 5.75 Å². The van der Waals surface area contributed by atoms with Gasteiger partial charge in [-0.15, -0.1) is 0 Å². The Bertz CT molecular complexity index is 1110. The number of ether oxygens (including phenoxy) is 1. The normalized spacial score (nSPS) is 15.7. The van der Waals surface area contributed by atoms with Gasteiger partial charge in [-0.2, -0.15) is 5.10 Å². The van der Waals surface area contributed by atoms with E-state index in [0.717, 1.165) is 28.2 Å². The predicted octanol–water partition coefficient (Wildman–Crippen LogP) is 4.81. The third kappa shape index (κ3) is 4.89. The second-order valence-electron chi connectivity index (χ2n) is 8.25. The number of hydrogen-bond acceptors (Lipinski definition) is 4. The molecule has 0 unspecified atom stereocenters. The average molecular weight is 428 g/mol. The number of carbonyl (C=O) groups excluding carboxylic acids is 1. The molecule has 1 aliphatic rings. The summed E-state index contributed by atoms with van der Waals surface area (Å²) in [5, 5.41) is 6.49. The zero-order valence-electron chi connectivity index (χ0n) is 18.9. The first-order chi connectivity index (χ1) is 15.5. The topological polar surface area (TPSA) is 45.1 Å². The van der Waals surface area contributed by atoms with Crippen LogP contribution in [0.3, 0.4) is 0 Å². The number of nitrogens with zero attached hydrogens (tertiary/aromatic N) is 3. The Morgan fingerprint density at radius 3 is 2.56 bits per heavy atom. The Morgan fingerprint density at radius 2 is 1.81 bits per heavy atom. The highest BCUT2D eigenvalue weighted by Crippen LogP contribution is 2.35. The molecule has 0 spiro atoms. The van der Waals surface area contributed by atoms with Crippen molar-refractivity contribution < 1.29 is 9.53 Å². The minimum absolute atomic E-state index is 0.00502.